The van der Waals surface area contributed by atoms with Crippen molar-refractivity contribution in [2.45, 2.75) is 90.6 Å². The van der Waals surface area contributed by atoms with E-state index in [0.717, 1.165) is 22.1 Å². The summed E-state index contributed by atoms with van der Waals surface area (Å²) in [6.07, 6.45) is 2.19. The fourth-order valence-electron chi connectivity index (χ4n) is 7.99. The molecule has 3 amide bonds. The number of nitrogens with two attached hydrogens (primary N) is 1. The number of halogens is 1. The minimum atomic E-state index is -1.98. The number of hydrogen-bond donors (Lipinski definition) is 5. The number of ether oxygens (including phenoxy) is 2. The Bertz CT molecular complexity index is 2230. The van der Waals surface area contributed by atoms with Crippen molar-refractivity contribution in [3.8, 4) is 0 Å². The van der Waals surface area contributed by atoms with Gasteiger partial charge in [0.05, 0.1) is 29.2 Å². The third kappa shape index (κ3) is 6.56. The Morgan fingerprint density at radius 1 is 1.13 bits per heavy atom. The summed E-state index contributed by atoms with van der Waals surface area (Å²) in [5, 5.41) is 20.4. The summed E-state index contributed by atoms with van der Waals surface area (Å²) in [4.78, 5) is 69.8. The number of Topliss-reactive ketones (excluding diaryl/α,β-unsaturated/α-hetero) is 1. The average Bonchev–Trinajstić information content (AvgIpc) is 3.53. The molecule has 13 nitrogen and oxygen atoms in total. The molecule has 288 valence electrons. The molecule has 1 aromatic heterocycles. The number of cyclic esters (lactones) is 1. The van der Waals surface area contributed by atoms with Crippen LogP contribution in [0.1, 0.15) is 80.1 Å². The van der Waals surface area contributed by atoms with Crippen LogP contribution in [-0.2, 0) is 48.1 Å². The molecular weight excluding hydrogens is 709 g/mol. The van der Waals surface area contributed by atoms with E-state index in [0.29, 0.717) is 46.4 Å². The monoisotopic (exact) mass is 753 g/mol. The molecule has 7 rings (SSSR count). The highest BCUT2D eigenvalue weighted by atomic mass is 19.1. The lowest BCUT2D eigenvalue weighted by atomic mass is 9.75. The molecule has 0 saturated carbocycles. The number of carbonyl (C=O) groups is 5. The summed E-state index contributed by atoms with van der Waals surface area (Å²) in [6, 6.07) is 5.99. The van der Waals surface area contributed by atoms with Gasteiger partial charge in [-0.1, -0.05) is 32.9 Å². The van der Waals surface area contributed by atoms with Gasteiger partial charge in [-0.15, -0.1) is 0 Å². The first-order chi connectivity index (χ1) is 26.1. The van der Waals surface area contributed by atoms with E-state index in [9.17, 15) is 29.1 Å². The van der Waals surface area contributed by atoms with Crippen LogP contribution in [0.5, 0.6) is 0 Å². The second-order valence-corrected chi connectivity index (χ2v) is 15.1. The van der Waals surface area contributed by atoms with Crippen molar-refractivity contribution in [3.63, 3.8) is 0 Å². The number of ketones is 1. The maximum absolute atomic E-state index is 15.3. The molecule has 2 aromatic carbocycles. The van der Waals surface area contributed by atoms with E-state index in [1.54, 1.807) is 51.1 Å². The average molecular weight is 754 g/mol. The van der Waals surface area contributed by atoms with Gasteiger partial charge in [0.15, 0.2) is 11.4 Å². The van der Waals surface area contributed by atoms with E-state index in [2.05, 4.69) is 16.0 Å². The van der Waals surface area contributed by atoms with Crippen molar-refractivity contribution in [1.29, 1.82) is 0 Å². The Balaban J connectivity index is 1.10. The number of amides is 3. The van der Waals surface area contributed by atoms with Crippen LogP contribution < -0.4 is 21.7 Å². The maximum Gasteiger partial charge on any atom is 0.407 e. The predicted octanol–water partition coefficient (Wildman–Crippen LogP) is 4.16. The molecule has 0 fully saturated rings. The number of aliphatic hydroxyl groups is 1. The summed E-state index contributed by atoms with van der Waals surface area (Å²) in [6.45, 7) is 8.26. The lowest BCUT2D eigenvalue weighted by molar-refractivity contribution is -0.163. The fraction of sp³-hybridized carbons (Fsp3) is 0.415. The molecule has 0 radical (unpaired) electrons. The van der Waals surface area contributed by atoms with Gasteiger partial charge in [-0.25, -0.2) is 19.0 Å². The topological polar surface area (TPSA) is 199 Å². The number of pyridine rings is 1. The number of fused-ring (bicyclic) bond motifs is 4. The summed E-state index contributed by atoms with van der Waals surface area (Å²) in [5.74, 6) is -3.04. The zero-order valence-electron chi connectivity index (χ0n) is 31.3. The molecule has 0 saturated heterocycles. The third-order valence-corrected chi connectivity index (χ3v) is 11.4. The van der Waals surface area contributed by atoms with Crippen molar-refractivity contribution < 1.29 is 42.9 Å². The van der Waals surface area contributed by atoms with E-state index in [4.69, 9.17) is 20.2 Å². The van der Waals surface area contributed by atoms with Crippen LogP contribution in [-0.4, -0.2) is 64.0 Å². The van der Waals surface area contributed by atoms with Crippen LogP contribution in [0, 0.1) is 24.6 Å². The summed E-state index contributed by atoms with van der Waals surface area (Å²) < 4.78 is 26.1. The van der Waals surface area contributed by atoms with Gasteiger partial charge < -0.3 is 36.3 Å². The van der Waals surface area contributed by atoms with Crippen molar-refractivity contribution in [3.05, 3.63) is 86.9 Å². The molecule has 1 unspecified atom stereocenters. The number of alkyl carbamates (subject to hydrolysis) is 1. The Kier molecular flexibility index (Phi) is 9.84. The molecule has 2 heterocycles. The van der Waals surface area contributed by atoms with Crippen molar-refractivity contribution >= 4 is 51.8 Å². The largest absolute Gasteiger partial charge is 0.458 e. The normalized spacial score (nSPS) is 22.2. The van der Waals surface area contributed by atoms with E-state index < -0.39 is 59.3 Å². The van der Waals surface area contributed by atoms with Gasteiger partial charge in [-0.05, 0) is 97.0 Å². The van der Waals surface area contributed by atoms with Gasteiger partial charge in [0.2, 0.25) is 11.8 Å². The molecular formula is C41H44FN5O8. The van der Waals surface area contributed by atoms with Crippen LogP contribution >= 0.6 is 0 Å². The smallest absolute Gasteiger partial charge is 0.407 e. The molecule has 6 N–H and O–H groups in total. The van der Waals surface area contributed by atoms with Gasteiger partial charge in [-0.3, -0.25) is 14.4 Å². The van der Waals surface area contributed by atoms with Crippen LogP contribution in [0.25, 0.3) is 16.5 Å². The molecule has 1 aliphatic heterocycles. The number of anilines is 1. The van der Waals surface area contributed by atoms with Crippen LogP contribution in [0.15, 0.2) is 47.6 Å². The Morgan fingerprint density at radius 3 is 2.55 bits per heavy atom. The molecule has 55 heavy (non-hydrogen) atoms. The highest BCUT2D eigenvalue weighted by Crippen LogP contribution is 2.50. The molecule has 0 bridgehead atoms. The highest BCUT2D eigenvalue weighted by Gasteiger charge is 2.51. The molecule has 3 aliphatic carbocycles. The number of nitrogens with zero attached hydrogens (tertiary/aromatic N) is 1. The van der Waals surface area contributed by atoms with Crippen molar-refractivity contribution in [2.75, 3.05) is 11.9 Å². The second kappa shape index (κ2) is 14.3. The SMILES string of the molecule is CC[C@@]1(O)C(=O)OCC2=C1C=C1c3nc4cc(F)c(C)c5c4c(c3CC1C2=O)[C@@H](NC(=O)OCc1ccc(NC(=O)[C@H](C)NC(=O)[C@@H](N)C(C)C)cc1)CC5. The van der Waals surface area contributed by atoms with Crippen LogP contribution in [0.2, 0.25) is 0 Å². The number of benzene rings is 2. The Labute approximate surface area is 316 Å². The zero-order chi connectivity index (χ0) is 39.5. The number of hydrogen-bond acceptors (Lipinski definition) is 10. The highest BCUT2D eigenvalue weighted by molar-refractivity contribution is 6.12. The number of aromatic nitrogens is 1. The van der Waals surface area contributed by atoms with E-state index in [1.165, 1.54) is 6.07 Å². The standard InChI is InChI=1S/C41H44FN5O8/c1-6-41(53)28-14-24-25(36(48)27(28)17-54-39(41)51)13-26-33-30(12-11-23-19(4)29(42)15-31(32(23)33)46-35(24)26)47-40(52)55-16-21-7-9-22(10-8-21)45-37(49)20(5)44-38(50)34(43)18(2)3/h7-10,14-15,18,20,25,30,34,53H,6,11-13,16-17,43H2,1-5H3,(H,44,50)(H,45,49)(H,47,52)/t20-,25?,30-,34-,41-/m0/s1. The minimum Gasteiger partial charge on any atom is -0.458 e. The van der Waals surface area contributed by atoms with Crippen LogP contribution in [0.4, 0.5) is 14.9 Å². The lowest BCUT2D eigenvalue weighted by Crippen LogP contribution is -2.50. The van der Waals surface area contributed by atoms with E-state index >= 15 is 4.39 Å². The molecule has 14 heteroatoms. The van der Waals surface area contributed by atoms with E-state index in [-0.39, 0.29) is 48.9 Å². The van der Waals surface area contributed by atoms with Gasteiger partial charge in [-0.2, -0.15) is 0 Å². The fourth-order valence-corrected chi connectivity index (χ4v) is 7.99. The van der Waals surface area contributed by atoms with Gasteiger partial charge in [0, 0.05) is 28.3 Å². The van der Waals surface area contributed by atoms with Crippen molar-refractivity contribution in [2.24, 2.45) is 17.6 Å². The molecule has 4 aliphatic rings. The van der Waals surface area contributed by atoms with Crippen LogP contribution in [0.3, 0.4) is 0 Å². The van der Waals surface area contributed by atoms with Gasteiger partial charge in [0.1, 0.15) is 25.1 Å². The van der Waals surface area contributed by atoms with Gasteiger partial charge in [0.25, 0.3) is 0 Å². The summed E-state index contributed by atoms with van der Waals surface area (Å²) >= 11 is 0. The first kappa shape index (κ1) is 37.8. The number of allylic oxidation sites excluding steroid dienone is 1. The quantitative estimate of drug-likeness (QED) is 0.198. The number of esters is 1. The zero-order valence-corrected chi connectivity index (χ0v) is 31.3. The molecule has 0 spiro atoms. The Hall–Kier alpha value is -5.47. The maximum atomic E-state index is 15.3. The lowest BCUT2D eigenvalue weighted by Gasteiger charge is -2.35. The first-order valence-corrected chi connectivity index (χ1v) is 18.6. The molecule has 5 atom stereocenters. The third-order valence-electron chi connectivity index (χ3n) is 11.4. The predicted molar refractivity (Wildman–Crippen MR) is 200 cm³/mol. The summed E-state index contributed by atoms with van der Waals surface area (Å²) in [5.41, 5.74) is 9.69. The van der Waals surface area contributed by atoms with E-state index in [1.807, 2.05) is 13.8 Å². The first-order valence-electron chi connectivity index (χ1n) is 18.6. The number of aryl methyl sites for hydroxylation is 1. The second-order valence-electron chi connectivity index (χ2n) is 15.1. The minimum absolute atomic E-state index is 0.00704. The summed E-state index contributed by atoms with van der Waals surface area (Å²) in [7, 11) is 0. The van der Waals surface area contributed by atoms with Crippen molar-refractivity contribution in [1.82, 2.24) is 15.6 Å². The Morgan fingerprint density at radius 2 is 1.85 bits per heavy atom. The number of nitrogens with one attached hydrogen (secondary N) is 3. The molecule has 3 aromatic rings. The van der Waals surface area contributed by atoms with Gasteiger partial charge >= 0.3 is 12.1 Å². The number of carbonyl (C=O) groups excluding carboxylic acids is 5. The number of rotatable bonds is 9.